The van der Waals surface area contributed by atoms with E-state index in [1.807, 2.05) is 7.05 Å². The number of hydrogen-bond acceptors (Lipinski definition) is 3. The predicted molar refractivity (Wildman–Crippen MR) is 78.4 cm³/mol. The van der Waals surface area contributed by atoms with Crippen molar-refractivity contribution in [2.45, 2.75) is 20.4 Å². The van der Waals surface area contributed by atoms with Crippen molar-refractivity contribution in [3.8, 4) is 0 Å². The molecule has 1 aromatic carbocycles. The van der Waals surface area contributed by atoms with E-state index in [1.54, 1.807) is 4.90 Å². The van der Waals surface area contributed by atoms with Crippen molar-refractivity contribution < 1.29 is 4.79 Å². The number of carbonyl (C=O) groups excluding carboxylic acids is 1. The average molecular weight is 261 g/mol. The summed E-state index contributed by atoms with van der Waals surface area (Å²) in [4.78, 5) is 15.7. The highest BCUT2D eigenvalue weighted by Gasteiger charge is 2.21. The second-order valence-electron chi connectivity index (χ2n) is 5.14. The van der Waals surface area contributed by atoms with E-state index < -0.39 is 0 Å². The molecule has 19 heavy (non-hydrogen) atoms. The van der Waals surface area contributed by atoms with Crippen molar-refractivity contribution in [3.05, 3.63) is 29.3 Å². The van der Waals surface area contributed by atoms with Gasteiger partial charge < -0.3 is 15.1 Å². The van der Waals surface area contributed by atoms with Crippen LogP contribution >= 0.6 is 0 Å². The minimum atomic E-state index is 0.197. The number of benzene rings is 1. The molecule has 4 nitrogen and oxygen atoms in total. The molecule has 1 aromatic rings. The Hall–Kier alpha value is -1.55. The van der Waals surface area contributed by atoms with Gasteiger partial charge in [0.25, 0.3) is 0 Å². The Balaban J connectivity index is 2.10. The van der Waals surface area contributed by atoms with Crippen LogP contribution in [0.2, 0.25) is 0 Å². The smallest absolute Gasteiger partial charge is 0.241 e. The number of likely N-dealkylation sites (N-methyl/N-ethyl adjacent to an activating group) is 1. The highest BCUT2D eigenvalue weighted by Crippen LogP contribution is 2.22. The van der Waals surface area contributed by atoms with Gasteiger partial charge in [0, 0.05) is 32.4 Å². The van der Waals surface area contributed by atoms with Crippen LogP contribution in [0.5, 0.6) is 0 Å². The molecule has 0 bridgehead atoms. The zero-order chi connectivity index (χ0) is 13.8. The Bertz CT molecular complexity index is 459. The van der Waals surface area contributed by atoms with E-state index in [1.165, 1.54) is 16.8 Å². The van der Waals surface area contributed by atoms with Gasteiger partial charge in [0.2, 0.25) is 5.91 Å². The van der Waals surface area contributed by atoms with Crippen LogP contribution < -0.4 is 10.2 Å². The first-order valence-electron chi connectivity index (χ1n) is 6.91. The summed E-state index contributed by atoms with van der Waals surface area (Å²) < 4.78 is 0. The summed E-state index contributed by atoms with van der Waals surface area (Å²) in [7, 11) is 1.87. The van der Waals surface area contributed by atoms with Crippen LogP contribution in [0, 0.1) is 6.92 Å². The Morgan fingerprint density at radius 2 is 2.11 bits per heavy atom. The van der Waals surface area contributed by atoms with Crippen LogP contribution in [-0.4, -0.2) is 44.0 Å². The number of rotatable bonds is 4. The Kier molecular flexibility index (Phi) is 4.43. The normalized spacial score (nSPS) is 16.1. The van der Waals surface area contributed by atoms with Crippen molar-refractivity contribution in [1.82, 2.24) is 10.2 Å². The van der Waals surface area contributed by atoms with Crippen LogP contribution in [-0.2, 0) is 11.3 Å². The largest absolute Gasteiger partial charge is 0.360 e. The minimum absolute atomic E-state index is 0.197. The number of hydrogen-bond donors (Lipinski definition) is 1. The third kappa shape index (κ3) is 3.26. The minimum Gasteiger partial charge on any atom is -0.360 e. The number of aryl methyl sites for hydroxylation is 1. The number of anilines is 1. The molecular formula is C15H23N3O. The lowest BCUT2D eigenvalue weighted by atomic mass is 10.1. The van der Waals surface area contributed by atoms with Gasteiger partial charge in [0.05, 0.1) is 6.54 Å². The number of carbonyl (C=O) groups is 1. The molecule has 1 fully saturated rings. The second kappa shape index (κ2) is 6.06. The SMILES string of the molecule is CCNCc1ccc(N2CCN(C)C(=O)C2)c(C)c1. The summed E-state index contributed by atoms with van der Waals surface area (Å²) in [5, 5.41) is 3.33. The molecule has 1 saturated heterocycles. The van der Waals surface area contributed by atoms with E-state index in [9.17, 15) is 4.79 Å². The van der Waals surface area contributed by atoms with Gasteiger partial charge in [0.1, 0.15) is 0 Å². The van der Waals surface area contributed by atoms with Crippen LogP contribution in [0.25, 0.3) is 0 Å². The quantitative estimate of drug-likeness (QED) is 0.889. The number of piperazine rings is 1. The summed E-state index contributed by atoms with van der Waals surface area (Å²) in [6.07, 6.45) is 0. The van der Waals surface area contributed by atoms with Gasteiger partial charge in [-0.3, -0.25) is 4.79 Å². The van der Waals surface area contributed by atoms with Gasteiger partial charge in [-0.15, -0.1) is 0 Å². The maximum absolute atomic E-state index is 11.8. The van der Waals surface area contributed by atoms with E-state index >= 15 is 0 Å². The zero-order valence-electron chi connectivity index (χ0n) is 12.1. The highest BCUT2D eigenvalue weighted by atomic mass is 16.2. The molecule has 0 unspecified atom stereocenters. The molecule has 2 rings (SSSR count). The number of amides is 1. The zero-order valence-corrected chi connectivity index (χ0v) is 12.1. The molecule has 1 aliphatic heterocycles. The standard InChI is InChI=1S/C15H23N3O/c1-4-16-10-13-5-6-14(12(2)9-13)18-8-7-17(3)15(19)11-18/h5-6,9,16H,4,7-8,10-11H2,1-3H3. The third-order valence-electron chi connectivity index (χ3n) is 3.64. The fourth-order valence-electron chi connectivity index (χ4n) is 2.42. The third-order valence-corrected chi connectivity index (χ3v) is 3.64. The van der Waals surface area contributed by atoms with E-state index in [-0.39, 0.29) is 5.91 Å². The van der Waals surface area contributed by atoms with Crippen molar-refractivity contribution in [2.75, 3.05) is 38.1 Å². The Labute approximate surface area is 115 Å². The number of nitrogens with zero attached hydrogens (tertiary/aromatic N) is 2. The molecule has 0 spiro atoms. The van der Waals surface area contributed by atoms with Crippen LogP contribution in [0.4, 0.5) is 5.69 Å². The van der Waals surface area contributed by atoms with Crippen molar-refractivity contribution in [1.29, 1.82) is 0 Å². The van der Waals surface area contributed by atoms with E-state index in [0.717, 1.165) is 26.2 Å². The molecule has 104 valence electrons. The number of nitrogens with one attached hydrogen (secondary N) is 1. The van der Waals surface area contributed by atoms with Crippen molar-refractivity contribution >= 4 is 11.6 Å². The van der Waals surface area contributed by atoms with Crippen molar-refractivity contribution in [2.24, 2.45) is 0 Å². The summed E-state index contributed by atoms with van der Waals surface area (Å²) in [5.74, 6) is 0.197. The van der Waals surface area contributed by atoms with Gasteiger partial charge in [-0.1, -0.05) is 19.1 Å². The van der Waals surface area contributed by atoms with E-state index in [2.05, 4.69) is 42.3 Å². The second-order valence-corrected chi connectivity index (χ2v) is 5.14. The van der Waals surface area contributed by atoms with E-state index in [0.29, 0.717) is 6.54 Å². The summed E-state index contributed by atoms with van der Waals surface area (Å²) in [6.45, 7) is 8.31. The van der Waals surface area contributed by atoms with Gasteiger partial charge in [-0.25, -0.2) is 0 Å². The lowest BCUT2D eigenvalue weighted by Crippen LogP contribution is -2.48. The van der Waals surface area contributed by atoms with Crippen LogP contribution in [0.1, 0.15) is 18.1 Å². The molecular weight excluding hydrogens is 238 g/mol. The molecule has 0 radical (unpaired) electrons. The first kappa shape index (κ1) is 13.9. The fraction of sp³-hybridized carbons (Fsp3) is 0.533. The molecule has 0 saturated carbocycles. The topological polar surface area (TPSA) is 35.6 Å². The van der Waals surface area contributed by atoms with Gasteiger partial charge >= 0.3 is 0 Å². The van der Waals surface area contributed by atoms with Crippen LogP contribution in [0.3, 0.4) is 0 Å². The molecule has 1 heterocycles. The Morgan fingerprint density at radius 3 is 2.74 bits per heavy atom. The highest BCUT2D eigenvalue weighted by molar-refractivity contribution is 5.83. The summed E-state index contributed by atoms with van der Waals surface area (Å²) >= 11 is 0. The maximum Gasteiger partial charge on any atom is 0.241 e. The van der Waals surface area contributed by atoms with Crippen LogP contribution in [0.15, 0.2) is 18.2 Å². The molecule has 1 N–H and O–H groups in total. The molecule has 1 aliphatic rings. The predicted octanol–water partition coefficient (Wildman–Crippen LogP) is 1.38. The summed E-state index contributed by atoms with van der Waals surface area (Å²) in [5.41, 5.74) is 3.72. The lowest BCUT2D eigenvalue weighted by Gasteiger charge is -2.34. The van der Waals surface area contributed by atoms with E-state index in [4.69, 9.17) is 0 Å². The first-order chi connectivity index (χ1) is 9.11. The fourth-order valence-corrected chi connectivity index (χ4v) is 2.42. The van der Waals surface area contributed by atoms with Crippen molar-refractivity contribution in [3.63, 3.8) is 0 Å². The van der Waals surface area contributed by atoms with Gasteiger partial charge in [-0.2, -0.15) is 0 Å². The van der Waals surface area contributed by atoms with Gasteiger partial charge in [-0.05, 0) is 30.7 Å². The maximum atomic E-state index is 11.8. The average Bonchev–Trinajstić information content (AvgIpc) is 2.40. The lowest BCUT2D eigenvalue weighted by molar-refractivity contribution is -0.129. The molecule has 0 aromatic heterocycles. The monoisotopic (exact) mass is 261 g/mol. The molecule has 0 aliphatic carbocycles. The first-order valence-corrected chi connectivity index (χ1v) is 6.91. The molecule has 4 heteroatoms. The molecule has 1 amide bonds. The molecule has 0 atom stereocenters. The summed E-state index contributed by atoms with van der Waals surface area (Å²) in [6, 6.07) is 6.50. The Morgan fingerprint density at radius 1 is 1.32 bits per heavy atom. The van der Waals surface area contributed by atoms with Gasteiger partial charge in [0.15, 0.2) is 0 Å².